The molecule has 0 radical (unpaired) electrons. The molecule has 1 fully saturated rings. The van der Waals surface area contributed by atoms with Crippen LogP contribution in [-0.2, 0) is 9.53 Å². The summed E-state index contributed by atoms with van der Waals surface area (Å²) in [6.07, 6.45) is -0.771. The van der Waals surface area contributed by atoms with Gasteiger partial charge in [0.2, 0.25) is 0 Å². The van der Waals surface area contributed by atoms with Gasteiger partial charge < -0.3 is 4.74 Å². The van der Waals surface area contributed by atoms with E-state index in [1.165, 1.54) is 0 Å². The van der Waals surface area contributed by atoms with E-state index in [9.17, 15) is 18.0 Å². The maximum atomic E-state index is 12.5. The molecule has 0 aromatic heterocycles. The van der Waals surface area contributed by atoms with Crippen LogP contribution in [0.2, 0.25) is 0 Å². The van der Waals surface area contributed by atoms with Gasteiger partial charge in [0.25, 0.3) is 0 Å². The molecule has 5 heteroatoms. The van der Waals surface area contributed by atoms with Gasteiger partial charge in [0.1, 0.15) is 11.2 Å². The summed E-state index contributed by atoms with van der Waals surface area (Å²) in [5, 5.41) is 0. The Morgan fingerprint density at radius 1 is 1.11 bits per heavy atom. The molecule has 0 spiro atoms. The number of hydrogen-bond donors (Lipinski definition) is 0. The van der Waals surface area contributed by atoms with Crippen LogP contribution in [0.3, 0.4) is 0 Å². The summed E-state index contributed by atoms with van der Waals surface area (Å²) < 4.78 is 42.7. The first-order valence-electron chi connectivity index (χ1n) is 6.49. The molecular formula is C14H21F3O2. The third kappa shape index (κ3) is 3.51. The van der Waals surface area contributed by atoms with Crippen LogP contribution in [0.25, 0.3) is 0 Å². The van der Waals surface area contributed by atoms with Crippen LogP contribution in [-0.4, -0.2) is 17.7 Å². The number of ether oxygens (including phenoxy) is 1. The molecule has 0 atom stereocenters. The van der Waals surface area contributed by atoms with Crippen molar-refractivity contribution in [1.29, 1.82) is 0 Å². The summed E-state index contributed by atoms with van der Waals surface area (Å²) >= 11 is 0. The minimum Gasteiger partial charge on any atom is -0.455 e. The van der Waals surface area contributed by atoms with Crippen LogP contribution in [0, 0.1) is 5.41 Å². The number of halogens is 3. The van der Waals surface area contributed by atoms with Gasteiger partial charge in [-0.25, -0.2) is 4.79 Å². The summed E-state index contributed by atoms with van der Waals surface area (Å²) in [6.45, 7) is 8.48. The number of rotatable bonds is 2. The molecule has 0 saturated heterocycles. The van der Waals surface area contributed by atoms with Gasteiger partial charge >= 0.3 is 12.1 Å². The Morgan fingerprint density at radius 2 is 1.58 bits per heavy atom. The van der Waals surface area contributed by atoms with Gasteiger partial charge in [-0.3, -0.25) is 0 Å². The van der Waals surface area contributed by atoms with E-state index >= 15 is 0 Å². The van der Waals surface area contributed by atoms with Crippen molar-refractivity contribution in [1.82, 2.24) is 0 Å². The number of alkyl halides is 3. The average molecular weight is 278 g/mol. The van der Waals surface area contributed by atoms with Crippen LogP contribution in [0.15, 0.2) is 12.2 Å². The molecule has 0 N–H and O–H groups in total. The first-order valence-corrected chi connectivity index (χ1v) is 6.49. The molecule has 0 bridgehead atoms. The lowest BCUT2D eigenvalue weighted by molar-refractivity contribution is -0.182. The average Bonchev–Trinajstić information content (AvgIpc) is 2.26. The predicted molar refractivity (Wildman–Crippen MR) is 66.6 cm³/mol. The second-order valence-corrected chi connectivity index (χ2v) is 6.17. The molecule has 1 aliphatic rings. The zero-order chi connectivity index (χ0) is 14.9. The van der Waals surface area contributed by atoms with Crippen molar-refractivity contribution in [2.24, 2.45) is 5.41 Å². The first-order chi connectivity index (χ1) is 8.50. The Kier molecular flexibility index (Phi) is 4.37. The van der Waals surface area contributed by atoms with Crippen LogP contribution >= 0.6 is 0 Å². The zero-order valence-corrected chi connectivity index (χ0v) is 11.7. The Bertz CT molecular complexity index is 358. The molecule has 0 unspecified atom stereocenters. The predicted octanol–water partition coefficient (Wildman–Crippen LogP) is 4.40. The SMILES string of the molecule is C=C(C(=O)OC1(C(C)(C)C)CCCCC1)C(F)(F)F. The van der Waals surface area contributed by atoms with Gasteiger partial charge in [0.05, 0.1) is 0 Å². The minimum atomic E-state index is -4.73. The minimum absolute atomic E-state index is 0.394. The van der Waals surface area contributed by atoms with Crippen LogP contribution in [0.5, 0.6) is 0 Å². The third-order valence-corrected chi connectivity index (χ3v) is 3.90. The maximum Gasteiger partial charge on any atom is 0.422 e. The third-order valence-electron chi connectivity index (χ3n) is 3.90. The zero-order valence-electron chi connectivity index (χ0n) is 11.7. The summed E-state index contributed by atoms with van der Waals surface area (Å²) in [6, 6.07) is 0. The van der Waals surface area contributed by atoms with Crippen molar-refractivity contribution >= 4 is 5.97 Å². The molecule has 0 amide bonds. The molecule has 0 aliphatic heterocycles. The van der Waals surface area contributed by atoms with Crippen molar-refractivity contribution in [2.45, 2.75) is 64.7 Å². The highest BCUT2D eigenvalue weighted by Crippen LogP contribution is 2.45. The molecule has 0 aromatic carbocycles. The largest absolute Gasteiger partial charge is 0.455 e. The number of carbonyl (C=O) groups is 1. The summed E-state index contributed by atoms with van der Waals surface area (Å²) in [4.78, 5) is 11.7. The smallest absolute Gasteiger partial charge is 0.422 e. The van der Waals surface area contributed by atoms with E-state index in [1.54, 1.807) is 0 Å². The first kappa shape index (κ1) is 16.1. The molecule has 2 nitrogen and oxygen atoms in total. The molecule has 1 saturated carbocycles. The number of carbonyl (C=O) groups excluding carboxylic acids is 1. The van der Waals surface area contributed by atoms with Gasteiger partial charge in [-0.05, 0) is 25.7 Å². The Labute approximate surface area is 112 Å². The van der Waals surface area contributed by atoms with Gasteiger partial charge in [-0.1, -0.05) is 33.8 Å². The molecular weight excluding hydrogens is 257 g/mol. The van der Waals surface area contributed by atoms with Crippen molar-refractivity contribution in [3.05, 3.63) is 12.2 Å². The van der Waals surface area contributed by atoms with Crippen molar-refractivity contribution in [2.75, 3.05) is 0 Å². The van der Waals surface area contributed by atoms with Crippen LogP contribution in [0.4, 0.5) is 13.2 Å². The molecule has 19 heavy (non-hydrogen) atoms. The lowest BCUT2D eigenvalue weighted by Gasteiger charge is -2.46. The van der Waals surface area contributed by atoms with E-state index in [0.717, 1.165) is 19.3 Å². The van der Waals surface area contributed by atoms with Gasteiger partial charge in [-0.2, -0.15) is 13.2 Å². The van der Waals surface area contributed by atoms with E-state index in [1.807, 2.05) is 20.8 Å². The molecule has 1 aliphatic carbocycles. The Balaban J connectivity index is 2.91. The number of hydrogen-bond acceptors (Lipinski definition) is 2. The molecule has 1 rings (SSSR count). The normalized spacial score (nSPS) is 19.9. The molecule has 110 valence electrons. The van der Waals surface area contributed by atoms with E-state index in [-0.39, 0.29) is 0 Å². The van der Waals surface area contributed by atoms with Gasteiger partial charge in [0, 0.05) is 5.41 Å². The van der Waals surface area contributed by atoms with Gasteiger partial charge in [-0.15, -0.1) is 0 Å². The summed E-state index contributed by atoms with van der Waals surface area (Å²) in [5.74, 6) is -1.34. The highest BCUT2D eigenvalue weighted by molar-refractivity contribution is 5.89. The van der Waals surface area contributed by atoms with Crippen LogP contribution < -0.4 is 0 Å². The van der Waals surface area contributed by atoms with Crippen molar-refractivity contribution in [3.63, 3.8) is 0 Å². The maximum absolute atomic E-state index is 12.5. The summed E-state index contributed by atoms with van der Waals surface area (Å²) in [7, 11) is 0. The highest BCUT2D eigenvalue weighted by atomic mass is 19.4. The van der Waals surface area contributed by atoms with E-state index < -0.39 is 28.7 Å². The van der Waals surface area contributed by atoms with Gasteiger partial charge in [0.15, 0.2) is 0 Å². The van der Waals surface area contributed by atoms with Crippen molar-refractivity contribution < 1.29 is 22.7 Å². The van der Waals surface area contributed by atoms with E-state index in [2.05, 4.69) is 6.58 Å². The lowest BCUT2D eigenvalue weighted by Crippen LogP contribution is -2.49. The fraction of sp³-hybridized carbons (Fsp3) is 0.786. The monoisotopic (exact) mass is 278 g/mol. The standard InChI is InChI=1S/C14H21F3O2/c1-10(14(15,16)17)11(18)19-13(12(2,3)4)8-6-5-7-9-13/h1,5-9H2,2-4H3. The second-order valence-electron chi connectivity index (χ2n) is 6.17. The lowest BCUT2D eigenvalue weighted by atomic mass is 9.68. The summed E-state index contributed by atoms with van der Waals surface area (Å²) in [5.41, 5.74) is -2.65. The second kappa shape index (κ2) is 5.17. The molecule has 0 aromatic rings. The quantitative estimate of drug-likeness (QED) is 0.553. The topological polar surface area (TPSA) is 26.3 Å². The Morgan fingerprint density at radius 3 is 1.95 bits per heavy atom. The van der Waals surface area contributed by atoms with Crippen molar-refractivity contribution in [3.8, 4) is 0 Å². The van der Waals surface area contributed by atoms with Crippen LogP contribution in [0.1, 0.15) is 52.9 Å². The number of esters is 1. The van der Waals surface area contributed by atoms with E-state index in [0.29, 0.717) is 12.8 Å². The fourth-order valence-electron chi connectivity index (χ4n) is 2.48. The Hall–Kier alpha value is -1.00. The van der Waals surface area contributed by atoms with E-state index in [4.69, 9.17) is 4.74 Å². The molecule has 0 heterocycles. The highest BCUT2D eigenvalue weighted by Gasteiger charge is 2.48. The fourth-order valence-corrected chi connectivity index (χ4v) is 2.48.